The Balaban J connectivity index is 1.51. The van der Waals surface area contributed by atoms with Crippen molar-refractivity contribution in [2.24, 2.45) is 0 Å². The van der Waals surface area contributed by atoms with Crippen molar-refractivity contribution in [1.29, 1.82) is 0 Å². The van der Waals surface area contributed by atoms with Crippen LogP contribution < -0.4 is 5.56 Å². The van der Waals surface area contributed by atoms with Crippen molar-refractivity contribution in [2.45, 2.75) is 18.9 Å². The van der Waals surface area contributed by atoms with Crippen LogP contribution in [0.3, 0.4) is 0 Å². The quantitative estimate of drug-likeness (QED) is 0.695. The van der Waals surface area contributed by atoms with Gasteiger partial charge in [0.25, 0.3) is 11.5 Å². The zero-order chi connectivity index (χ0) is 19.0. The summed E-state index contributed by atoms with van der Waals surface area (Å²) in [5, 5.41) is 8.62. The molecule has 0 spiro atoms. The SMILES string of the molecule is O=C(c1cc(F)cc(F)c1)N1CCC(n2nnc3ccccc3c2=O)CC1. The molecule has 1 saturated heterocycles. The number of likely N-dealkylation sites (tertiary alicyclic amines) is 1. The lowest BCUT2D eigenvalue weighted by atomic mass is 10.0. The highest BCUT2D eigenvalue weighted by Crippen LogP contribution is 2.22. The average molecular weight is 370 g/mol. The van der Waals surface area contributed by atoms with E-state index in [1.165, 1.54) is 9.58 Å². The maximum atomic E-state index is 13.3. The third-order valence-electron chi connectivity index (χ3n) is 4.80. The second kappa shape index (κ2) is 6.86. The fourth-order valence-electron chi connectivity index (χ4n) is 3.41. The molecule has 1 fully saturated rings. The fourth-order valence-corrected chi connectivity index (χ4v) is 3.41. The highest BCUT2D eigenvalue weighted by molar-refractivity contribution is 5.94. The molecule has 138 valence electrons. The molecule has 0 atom stereocenters. The number of nitrogens with zero attached hydrogens (tertiary/aromatic N) is 4. The third-order valence-corrected chi connectivity index (χ3v) is 4.80. The maximum Gasteiger partial charge on any atom is 0.277 e. The van der Waals surface area contributed by atoms with Gasteiger partial charge in [-0.05, 0) is 37.1 Å². The fraction of sp³-hybridized carbons (Fsp3) is 0.263. The molecule has 6 nitrogen and oxygen atoms in total. The van der Waals surface area contributed by atoms with Gasteiger partial charge in [0.1, 0.15) is 17.2 Å². The lowest BCUT2D eigenvalue weighted by Crippen LogP contribution is -2.41. The molecule has 0 saturated carbocycles. The minimum atomic E-state index is -0.786. The number of piperidine rings is 1. The van der Waals surface area contributed by atoms with E-state index >= 15 is 0 Å². The summed E-state index contributed by atoms with van der Waals surface area (Å²) in [6, 6.07) is 9.60. The molecule has 2 heterocycles. The lowest BCUT2D eigenvalue weighted by molar-refractivity contribution is 0.0686. The molecule has 0 radical (unpaired) electrons. The van der Waals surface area contributed by atoms with Gasteiger partial charge in [-0.15, -0.1) is 5.10 Å². The van der Waals surface area contributed by atoms with Crippen LogP contribution in [0.1, 0.15) is 29.2 Å². The Morgan fingerprint density at radius 1 is 1.04 bits per heavy atom. The molecule has 0 bridgehead atoms. The summed E-state index contributed by atoms with van der Waals surface area (Å²) in [5.41, 5.74) is 0.311. The molecule has 1 aromatic heterocycles. The van der Waals surface area contributed by atoms with Crippen molar-refractivity contribution in [3.05, 3.63) is 70.0 Å². The summed E-state index contributed by atoms with van der Waals surface area (Å²) >= 11 is 0. The Kier molecular flexibility index (Phi) is 4.39. The third kappa shape index (κ3) is 3.30. The van der Waals surface area contributed by atoms with Crippen LogP contribution >= 0.6 is 0 Å². The van der Waals surface area contributed by atoms with Gasteiger partial charge in [-0.25, -0.2) is 13.5 Å². The van der Waals surface area contributed by atoms with Gasteiger partial charge < -0.3 is 4.90 Å². The number of aromatic nitrogens is 3. The van der Waals surface area contributed by atoms with E-state index < -0.39 is 17.5 Å². The Bertz CT molecular complexity index is 1050. The second-order valence-corrected chi connectivity index (χ2v) is 6.54. The maximum absolute atomic E-state index is 13.3. The summed E-state index contributed by atoms with van der Waals surface area (Å²) < 4.78 is 28.1. The second-order valence-electron chi connectivity index (χ2n) is 6.54. The molecule has 0 aliphatic carbocycles. The number of hydrogen-bond acceptors (Lipinski definition) is 4. The topological polar surface area (TPSA) is 68.1 Å². The number of benzene rings is 2. The van der Waals surface area contributed by atoms with Gasteiger partial charge in [-0.3, -0.25) is 9.59 Å². The Morgan fingerprint density at radius 2 is 1.70 bits per heavy atom. The molecule has 2 aromatic carbocycles. The molecule has 0 N–H and O–H groups in total. The lowest BCUT2D eigenvalue weighted by Gasteiger charge is -2.32. The smallest absolute Gasteiger partial charge is 0.277 e. The summed E-state index contributed by atoms with van der Waals surface area (Å²) in [5.74, 6) is -2.00. The van der Waals surface area contributed by atoms with Crippen molar-refractivity contribution in [2.75, 3.05) is 13.1 Å². The monoisotopic (exact) mass is 370 g/mol. The molecule has 3 aromatic rings. The first kappa shape index (κ1) is 17.3. The van der Waals surface area contributed by atoms with Crippen LogP contribution in [0.4, 0.5) is 8.78 Å². The van der Waals surface area contributed by atoms with Crippen molar-refractivity contribution >= 4 is 16.8 Å². The average Bonchev–Trinajstić information content (AvgIpc) is 2.67. The van der Waals surface area contributed by atoms with Crippen LogP contribution in [-0.4, -0.2) is 38.9 Å². The summed E-state index contributed by atoms with van der Waals surface area (Å²) in [6.07, 6.45) is 1.02. The molecule has 4 rings (SSSR count). The van der Waals surface area contributed by atoms with E-state index in [0.29, 0.717) is 36.8 Å². The number of carbonyl (C=O) groups excluding carboxylic acids is 1. The zero-order valence-corrected chi connectivity index (χ0v) is 14.3. The van der Waals surface area contributed by atoms with Crippen LogP contribution in [0.25, 0.3) is 10.9 Å². The van der Waals surface area contributed by atoms with Crippen molar-refractivity contribution in [1.82, 2.24) is 19.9 Å². The number of rotatable bonds is 2. The minimum absolute atomic E-state index is 0.0198. The van der Waals surface area contributed by atoms with Gasteiger partial charge in [0.2, 0.25) is 0 Å². The van der Waals surface area contributed by atoms with E-state index in [0.717, 1.165) is 18.2 Å². The molecule has 8 heteroatoms. The highest BCUT2D eigenvalue weighted by Gasteiger charge is 2.26. The highest BCUT2D eigenvalue weighted by atomic mass is 19.1. The number of fused-ring (bicyclic) bond motifs is 1. The zero-order valence-electron chi connectivity index (χ0n) is 14.3. The van der Waals surface area contributed by atoms with Gasteiger partial charge in [0.05, 0.1) is 11.4 Å². The van der Waals surface area contributed by atoms with Crippen LogP contribution in [0.2, 0.25) is 0 Å². The van der Waals surface area contributed by atoms with Crippen LogP contribution in [0.15, 0.2) is 47.3 Å². The normalized spacial score (nSPS) is 15.3. The molecule has 1 aliphatic rings. The number of hydrogen-bond donors (Lipinski definition) is 0. The van der Waals surface area contributed by atoms with E-state index in [1.807, 2.05) is 0 Å². The van der Waals surface area contributed by atoms with E-state index in [9.17, 15) is 18.4 Å². The first-order valence-electron chi connectivity index (χ1n) is 8.62. The molecule has 27 heavy (non-hydrogen) atoms. The Labute approximate surface area is 153 Å². The predicted molar refractivity (Wildman–Crippen MR) is 94.3 cm³/mol. The summed E-state index contributed by atoms with van der Waals surface area (Å²) in [6.45, 7) is 0.727. The molecule has 0 unspecified atom stereocenters. The van der Waals surface area contributed by atoms with Crippen LogP contribution in [0.5, 0.6) is 0 Å². The molecule has 1 amide bonds. The van der Waals surface area contributed by atoms with Crippen LogP contribution in [-0.2, 0) is 0 Å². The summed E-state index contributed by atoms with van der Waals surface area (Å²) in [4.78, 5) is 26.7. The largest absolute Gasteiger partial charge is 0.338 e. The first-order chi connectivity index (χ1) is 13.0. The molecular weight excluding hydrogens is 354 g/mol. The number of halogens is 2. The van der Waals surface area contributed by atoms with E-state index in [1.54, 1.807) is 24.3 Å². The van der Waals surface area contributed by atoms with Crippen molar-refractivity contribution in [3.8, 4) is 0 Å². The molecule has 1 aliphatic heterocycles. The Hall–Kier alpha value is -3.16. The first-order valence-corrected chi connectivity index (χ1v) is 8.62. The van der Waals surface area contributed by atoms with E-state index in [-0.39, 0.29) is 17.2 Å². The van der Waals surface area contributed by atoms with E-state index in [2.05, 4.69) is 10.3 Å². The standard InChI is InChI=1S/C19H16F2N4O2/c20-13-9-12(10-14(21)11-13)18(26)24-7-5-15(6-8-24)25-19(27)16-3-1-2-4-17(16)22-23-25/h1-4,9-11,15H,5-8H2. The van der Waals surface area contributed by atoms with Gasteiger partial charge >= 0.3 is 0 Å². The van der Waals surface area contributed by atoms with Gasteiger partial charge in [-0.2, -0.15) is 0 Å². The van der Waals surface area contributed by atoms with Gasteiger partial charge in [0, 0.05) is 24.7 Å². The van der Waals surface area contributed by atoms with Crippen molar-refractivity contribution in [3.63, 3.8) is 0 Å². The minimum Gasteiger partial charge on any atom is -0.338 e. The summed E-state index contributed by atoms with van der Waals surface area (Å²) in [7, 11) is 0. The van der Waals surface area contributed by atoms with Gasteiger partial charge in [-0.1, -0.05) is 17.3 Å². The van der Waals surface area contributed by atoms with E-state index in [4.69, 9.17) is 0 Å². The molecular formula is C19H16F2N4O2. The number of amides is 1. The van der Waals surface area contributed by atoms with Crippen LogP contribution in [0, 0.1) is 11.6 Å². The Morgan fingerprint density at radius 3 is 2.41 bits per heavy atom. The number of carbonyl (C=O) groups is 1. The predicted octanol–water partition coefficient (Wildman–Crippen LogP) is 2.55. The van der Waals surface area contributed by atoms with Gasteiger partial charge in [0.15, 0.2) is 0 Å². The van der Waals surface area contributed by atoms with Crippen molar-refractivity contribution < 1.29 is 13.6 Å².